The maximum atomic E-state index is 5.39. The molecule has 0 N–H and O–H groups in total. The van der Waals surface area contributed by atoms with Crippen LogP contribution >= 0.6 is 0 Å². The summed E-state index contributed by atoms with van der Waals surface area (Å²) in [5, 5.41) is 0. The molecule has 3 heteroatoms. The third-order valence-electron chi connectivity index (χ3n) is 2.63. The van der Waals surface area contributed by atoms with Crippen molar-refractivity contribution in [3.63, 3.8) is 0 Å². The number of hydrogen-bond acceptors (Lipinski definition) is 2. The van der Waals surface area contributed by atoms with Gasteiger partial charge in [-0.05, 0) is 0 Å². The van der Waals surface area contributed by atoms with Gasteiger partial charge in [-0.2, -0.15) is 0 Å². The number of fused-ring (bicyclic) bond motifs is 1. The second-order valence-corrected chi connectivity index (χ2v) is 5.85. The predicted molar refractivity (Wildman–Crippen MR) is 70.7 cm³/mol. The van der Waals surface area contributed by atoms with E-state index in [0.717, 1.165) is 21.4 Å². The molecule has 0 saturated carbocycles. The Morgan fingerprint density at radius 1 is 1.00 bits per heavy atom. The number of benzene rings is 2. The number of ether oxygens (including phenoxy) is 1. The zero-order valence-corrected chi connectivity index (χ0v) is 11.1. The third-order valence-corrected chi connectivity index (χ3v) is 4.88. The summed E-state index contributed by atoms with van der Waals surface area (Å²) < 4.78 is 7.88. The summed E-state index contributed by atoms with van der Waals surface area (Å²) >= 11 is 0.283. The summed E-state index contributed by atoms with van der Waals surface area (Å²) in [6.07, 6.45) is 0. The maximum absolute atomic E-state index is 5.39. The number of para-hydroxylation sites is 2. The van der Waals surface area contributed by atoms with Gasteiger partial charge in [-0.3, -0.25) is 0 Å². The van der Waals surface area contributed by atoms with E-state index >= 15 is 0 Å². The Morgan fingerprint density at radius 2 is 1.76 bits per heavy atom. The molecule has 0 saturated heterocycles. The van der Waals surface area contributed by atoms with Crippen molar-refractivity contribution in [1.82, 2.24) is 4.98 Å². The number of nitrogens with zero attached hydrogens (tertiary/aromatic N) is 1. The van der Waals surface area contributed by atoms with Crippen molar-refractivity contribution < 1.29 is 4.74 Å². The van der Waals surface area contributed by atoms with Crippen molar-refractivity contribution in [3.05, 3.63) is 48.5 Å². The van der Waals surface area contributed by atoms with Crippen LogP contribution in [0.3, 0.4) is 0 Å². The molecule has 1 heterocycles. The first-order chi connectivity index (χ1) is 8.38. The van der Waals surface area contributed by atoms with E-state index in [1.54, 1.807) is 7.11 Å². The van der Waals surface area contributed by atoms with Crippen LogP contribution in [0.5, 0.6) is 5.75 Å². The molecule has 3 rings (SSSR count). The van der Waals surface area contributed by atoms with Crippen molar-refractivity contribution in [3.8, 4) is 15.9 Å². The Kier molecular flexibility index (Phi) is 2.71. The van der Waals surface area contributed by atoms with E-state index in [1.165, 1.54) is 4.26 Å². The van der Waals surface area contributed by atoms with Crippen LogP contribution in [0.1, 0.15) is 0 Å². The van der Waals surface area contributed by atoms with E-state index in [0.29, 0.717) is 0 Å². The van der Waals surface area contributed by atoms with E-state index in [1.807, 2.05) is 24.3 Å². The monoisotopic (exact) mass is 289 g/mol. The number of hydrogen-bond donors (Lipinski definition) is 0. The molecule has 17 heavy (non-hydrogen) atoms. The van der Waals surface area contributed by atoms with E-state index in [4.69, 9.17) is 9.72 Å². The Balaban J connectivity index is 2.20. The first kappa shape index (κ1) is 10.6. The molecule has 0 aliphatic carbocycles. The van der Waals surface area contributed by atoms with Gasteiger partial charge >= 0.3 is 106 Å². The van der Waals surface area contributed by atoms with Crippen LogP contribution in [0, 0.1) is 0 Å². The number of rotatable bonds is 2. The fraction of sp³-hybridized carbons (Fsp3) is 0.0714. The van der Waals surface area contributed by atoms with Gasteiger partial charge in [0, 0.05) is 0 Å². The van der Waals surface area contributed by atoms with Crippen LogP contribution in [-0.4, -0.2) is 26.6 Å². The molecule has 1 aromatic heterocycles. The van der Waals surface area contributed by atoms with Crippen LogP contribution < -0.4 is 4.74 Å². The van der Waals surface area contributed by atoms with Gasteiger partial charge in [-0.1, -0.05) is 0 Å². The molecule has 0 fully saturated rings. The van der Waals surface area contributed by atoms with E-state index < -0.39 is 0 Å². The molecule has 2 nitrogen and oxygen atoms in total. The van der Waals surface area contributed by atoms with E-state index in [9.17, 15) is 0 Å². The second kappa shape index (κ2) is 4.36. The van der Waals surface area contributed by atoms with Crippen LogP contribution in [-0.2, 0) is 0 Å². The topological polar surface area (TPSA) is 22.1 Å². The fourth-order valence-corrected chi connectivity index (χ4v) is 3.90. The average Bonchev–Trinajstić information content (AvgIpc) is 2.82. The molecule has 0 bridgehead atoms. The molecular weight excluding hydrogens is 277 g/mol. The van der Waals surface area contributed by atoms with Gasteiger partial charge in [-0.25, -0.2) is 0 Å². The third kappa shape index (κ3) is 1.88. The molecule has 0 aliphatic rings. The number of methoxy groups -OCH3 is 1. The van der Waals surface area contributed by atoms with Gasteiger partial charge in [0.1, 0.15) is 0 Å². The standard InChI is InChI=1S/C14H11NOSe/c1-16-12-8-4-2-6-10(12)14-15-11-7-3-5-9-13(11)17-14/h2-9H,1H3. The number of aromatic nitrogens is 1. The molecule has 84 valence electrons. The Labute approximate surface area is 106 Å². The zero-order chi connectivity index (χ0) is 11.7. The van der Waals surface area contributed by atoms with Crippen molar-refractivity contribution in [2.45, 2.75) is 0 Å². The van der Waals surface area contributed by atoms with Crippen LogP contribution in [0.2, 0.25) is 0 Å². The Hall–Kier alpha value is -1.57. The Bertz CT molecular complexity index is 627. The van der Waals surface area contributed by atoms with Crippen LogP contribution in [0.4, 0.5) is 0 Å². The second-order valence-electron chi connectivity index (χ2n) is 3.69. The summed E-state index contributed by atoms with van der Waals surface area (Å²) in [4.78, 5) is 4.69. The molecule has 0 spiro atoms. The quantitative estimate of drug-likeness (QED) is 0.676. The van der Waals surface area contributed by atoms with Gasteiger partial charge in [0.25, 0.3) is 0 Å². The fourth-order valence-electron chi connectivity index (χ4n) is 1.81. The minimum absolute atomic E-state index is 0.283. The van der Waals surface area contributed by atoms with Crippen molar-refractivity contribution in [1.29, 1.82) is 0 Å². The Morgan fingerprint density at radius 3 is 2.59 bits per heavy atom. The molecule has 3 aromatic rings. The summed E-state index contributed by atoms with van der Waals surface area (Å²) in [6.45, 7) is 0. The molecule has 0 radical (unpaired) electrons. The van der Waals surface area contributed by atoms with Crippen molar-refractivity contribution in [2.75, 3.05) is 7.11 Å². The molecule has 2 aromatic carbocycles. The van der Waals surface area contributed by atoms with Crippen molar-refractivity contribution >= 4 is 24.3 Å². The molecular formula is C14H11NOSe. The molecule has 0 amide bonds. The van der Waals surface area contributed by atoms with Crippen molar-refractivity contribution in [2.24, 2.45) is 0 Å². The first-order valence-electron chi connectivity index (χ1n) is 5.37. The van der Waals surface area contributed by atoms with E-state index in [-0.39, 0.29) is 14.5 Å². The summed E-state index contributed by atoms with van der Waals surface area (Å²) in [5.41, 5.74) is 2.22. The zero-order valence-electron chi connectivity index (χ0n) is 9.38. The molecule has 0 atom stereocenters. The van der Waals surface area contributed by atoms with Crippen LogP contribution in [0.15, 0.2) is 48.5 Å². The van der Waals surface area contributed by atoms with Crippen LogP contribution in [0.25, 0.3) is 19.9 Å². The van der Waals surface area contributed by atoms with Gasteiger partial charge in [0.2, 0.25) is 0 Å². The minimum atomic E-state index is 0.283. The summed E-state index contributed by atoms with van der Waals surface area (Å²) in [5.74, 6) is 0.904. The van der Waals surface area contributed by atoms with Gasteiger partial charge in [0.15, 0.2) is 0 Å². The first-order valence-corrected chi connectivity index (χ1v) is 7.09. The van der Waals surface area contributed by atoms with Gasteiger partial charge in [-0.15, -0.1) is 0 Å². The van der Waals surface area contributed by atoms with Gasteiger partial charge < -0.3 is 0 Å². The predicted octanol–water partition coefficient (Wildman–Crippen LogP) is 2.97. The molecule has 0 unspecified atom stereocenters. The molecule has 0 aliphatic heterocycles. The summed E-state index contributed by atoms with van der Waals surface area (Å²) in [6, 6.07) is 16.4. The normalized spacial score (nSPS) is 10.6. The van der Waals surface area contributed by atoms with E-state index in [2.05, 4.69) is 24.3 Å². The summed E-state index contributed by atoms with van der Waals surface area (Å²) in [7, 11) is 1.70. The SMILES string of the molecule is COc1ccccc1-c1nc2ccccc2[se]1. The average molecular weight is 288 g/mol. The van der Waals surface area contributed by atoms with Gasteiger partial charge in [0.05, 0.1) is 0 Å².